The number of urea groups is 1. The van der Waals surface area contributed by atoms with Gasteiger partial charge in [-0.2, -0.15) is 0 Å². The average molecular weight is 686 g/mol. The number of halogens is 4. The highest BCUT2D eigenvalue weighted by Gasteiger charge is 2.36. The fourth-order valence-electron chi connectivity index (χ4n) is 3.21. The first-order valence-corrected chi connectivity index (χ1v) is 11.9. The smallest absolute Gasteiger partial charge is 0.335 e. The highest BCUT2D eigenvalue weighted by atomic mass is 127. The first-order chi connectivity index (χ1) is 16.2. The van der Waals surface area contributed by atoms with E-state index in [1.807, 2.05) is 45.2 Å². The first-order valence-electron chi connectivity index (χ1n) is 9.77. The Labute approximate surface area is 220 Å². The number of nitrogens with one attached hydrogen (secondary N) is 1. The molecule has 0 radical (unpaired) electrons. The molecule has 3 aromatic carbocycles. The molecule has 172 valence electrons. The number of anilines is 1. The number of benzene rings is 3. The van der Waals surface area contributed by atoms with Crippen LogP contribution in [0, 0.1) is 18.8 Å². The van der Waals surface area contributed by atoms with Gasteiger partial charge in [-0.1, -0.05) is 18.2 Å². The second-order valence-electron chi connectivity index (χ2n) is 7.13. The van der Waals surface area contributed by atoms with Crippen LogP contribution in [0.1, 0.15) is 11.1 Å². The van der Waals surface area contributed by atoms with E-state index in [-0.39, 0.29) is 23.7 Å². The molecule has 1 saturated heterocycles. The summed E-state index contributed by atoms with van der Waals surface area (Å²) in [6, 6.07) is 13.6. The Bertz CT molecular complexity index is 1320. The molecule has 0 aromatic heterocycles. The van der Waals surface area contributed by atoms with Crippen molar-refractivity contribution in [3.8, 4) is 5.75 Å². The Hall–Kier alpha value is -2.87. The number of nitrogens with zero attached hydrogens (tertiary/aromatic N) is 1. The van der Waals surface area contributed by atoms with Crippen LogP contribution in [0.15, 0.2) is 66.2 Å². The molecular formula is C24H14F2I2N2O4. The van der Waals surface area contributed by atoms with Crippen LogP contribution < -0.4 is 15.0 Å². The zero-order valence-electron chi connectivity index (χ0n) is 17.2. The van der Waals surface area contributed by atoms with E-state index in [9.17, 15) is 23.2 Å². The van der Waals surface area contributed by atoms with E-state index < -0.39 is 23.7 Å². The predicted octanol–water partition coefficient (Wildman–Crippen LogP) is 5.42. The molecule has 3 aromatic rings. The quantitative estimate of drug-likeness (QED) is 0.221. The van der Waals surface area contributed by atoms with Crippen molar-refractivity contribution in [1.29, 1.82) is 0 Å². The largest absolute Gasteiger partial charge is 0.487 e. The highest BCUT2D eigenvalue weighted by Crippen LogP contribution is 2.31. The molecule has 1 aliphatic rings. The Morgan fingerprint density at radius 3 is 2.24 bits per heavy atom. The summed E-state index contributed by atoms with van der Waals surface area (Å²) < 4.78 is 34.3. The van der Waals surface area contributed by atoms with Gasteiger partial charge >= 0.3 is 6.03 Å². The van der Waals surface area contributed by atoms with Crippen LogP contribution >= 0.6 is 45.2 Å². The van der Waals surface area contributed by atoms with Gasteiger partial charge in [0, 0.05) is 5.56 Å². The minimum atomic E-state index is -0.917. The number of ether oxygens (including phenoxy) is 1. The molecule has 0 aliphatic carbocycles. The van der Waals surface area contributed by atoms with E-state index >= 15 is 0 Å². The molecule has 4 amide bonds. The first kappa shape index (κ1) is 24.3. The zero-order valence-corrected chi connectivity index (χ0v) is 21.5. The van der Waals surface area contributed by atoms with Gasteiger partial charge in [-0.15, -0.1) is 0 Å². The van der Waals surface area contributed by atoms with Gasteiger partial charge < -0.3 is 4.74 Å². The van der Waals surface area contributed by atoms with Crippen LogP contribution in [0.4, 0.5) is 19.3 Å². The maximum atomic E-state index is 13.9. The molecule has 0 atom stereocenters. The lowest BCUT2D eigenvalue weighted by molar-refractivity contribution is -0.122. The number of rotatable bonds is 5. The lowest BCUT2D eigenvalue weighted by Crippen LogP contribution is -2.54. The third-order valence-electron chi connectivity index (χ3n) is 4.85. The summed E-state index contributed by atoms with van der Waals surface area (Å²) in [5.74, 6) is -2.02. The van der Waals surface area contributed by atoms with Gasteiger partial charge in [0.1, 0.15) is 29.6 Å². The maximum absolute atomic E-state index is 13.9. The zero-order chi connectivity index (χ0) is 24.4. The van der Waals surface area contributed by atoms with Gasteiger partial charge in [0.05, 0.1) is 12.8 Å². The van der Waals surface area contributed by atoms with Gasteiger partial charge in [-0.3, -0.25) is 14.9 Å². The minimum absolute atomic E-state index is 0.0365. The molecule has 0 saturated carbocycles. The van der Waals surface area contributed by atoms with Crippen molar-refractivity contribution >= 4 is 74.8 Å². The van der Waals surface area contributed by atoms with E-state index in [1.165, 1.54) is 24.3 Å². The van der Waals surface area contributed by atoms with Crippen LogP contribution in [-0.4, -0.2) is 17.8 Å². The molecule has 10 heteroatoms. The second-order valence-corrected chi connectivity index (χ2v) is 9.45. The SMILES string of the molecule is O=C1NC(=O)N(c2ccc(F)cc2)C(=O)/C1=C/c1cc(I)c(OCc2ccccc2F)c(I)c1. The molecule has 1 heterocycles. The van der Waals surface area contributed by atoms with Crippen LogP contribution in [-0.2, 0) is 16.2 Å². The number of hydrogen-bond acceptors (Lipinski definition) is 4. The Kier molecular flexibility index (Phi) is 7.26. The van der Waals surface area contributed by atoms with Gasteiger partial charge in [-0.25, -0.2) is 18.5 Å². The molecule has 0 spiro atoms. The Morgan fingerprint density at radius 1 is 0.941 bits per heavy atom. The number of barbiturate groups is 1. The van der Waals surface area contributed by atoms with Gasteiger partial charge in [0.2, 0.25) is 0 Å². The van der Waals surface area contributed by atoms with Crippen molar-refractivity contribution in [2.24, 2.45) is 0 Å². The van der Waals surface area contributed by atoms with Crippen LogP contribution in [0.25, 0.3) is 6.08 Å². The predicted molar refractivity (Wildman–Crippen MR) is 138 cm³/mol. The lowest BCUT2D eigenvalue weighted by Gasteiger charge is -2.26. The fraction of sp³-hybridized carbons (Fsp3) is 0.0417. The van der Waals surface area contributed by atoms with Crippen molar-refractivity contribution < 1.29 is 27.9 Å². The van der Waals surface area contributed by atoms with Crippen LogP contribution in [0.2, 0.25) is 0 Å². The van der Waals surface area contributed by atoms with E-state index in [0.717, 1.165) is 17.0 Å². The number of carbonyl (C=O) groups excluding carboxylic acids is 3. The summed E-state index contributed by atoms with van der Waals surface area (Å²) in [6.07, 6.45) is 1.37. The molecule has 1 fully saturated rings. The summed E-state index contributed by atoms with van der Waals surface area (Å²) in [5.41, 5.74) is 0.813. The van der Waals surface area contributed by atoms with E-state index in [0.29, 0.717) is 24.0 Å². The molecule has 4 rings (SSSR count). The molecular weight excluding hydrogens is 672 g/mol. The topological polar surface area (TPSA) is 75.7 Å². The van der Waals surface area contributed by atoms with E-state index in [4.69, 9.17) is 4.74 Å². The molecule has 0 bridgehead atoms. The normalized spacial score (nSPS) is 15.0. The van der Waals surface area contributed by atoms with Gasteiger partial charge in [0.15, 0.2) is 0 Å². The van der Waals surface area contributed by atoms with E-state index in [1.54, 1.807) is 30.3 Å². The lowest BCUT2D eigenvalue weighted by atomic mass is 10.1. The maximum Gasteiger partial charge on any atom is 0.335 e. The average Bonchev–Trinajstić information content (AvgIpc) is 2.78. The second kappa shape index (κ2) is 10.2. The summed E-state index contributed by atoms with van der Waals surface area (Å²) in [5, 5.41) is 2.13. The number of amides is 4. The third kappa shape index (κ3) is 5.12. The van der Waals surface area contributed by atoms with Crippen molar-refractivity contribution in [2.75, 3.05) is 4.90 Å². The van der Waals surface area contributed by atoms with Gasteiger partial charge in [0.25, 0.3) is 11.8 Å². The number of carbonyl (C=O) groups is 3. The fourth-order valence-corrected chi connectivity index (χ4v) is 5.34. The number of hydrogen-bond donors (Lipinski definition) is 1. The summed E-state index contributed by atoms with van der Waals surface area (Å²) in [4.78, 5) is 38.4. The molecule has 1 aliphatic heterocycles. The molecule has 6 nitrogen and oxygen atoms in total. The van der Waals surface area contributed by atoms with E-state index in [2.05, 4.69) is 5.32 Å². The van der Waals surface area contributed by atoms with Crippen molar-refractivity contribution in [2.45, 2.75) is 6.61 Å². The summed E-state index contributed by atoms with van der Waals surface area (Å²) in [6.45, 7) is 0.0365. The van der Waals surface area contributed by atoms with Crippen molar-refractivity contribution in [1.82, 2.24) is 5.32 Å². The minimum Gasteiger partial charge on any atom is -0.487 e. The van der Waals surface area contributed by atoms with Crippen LogP contribution in [0.3, 0.4) is 0 Å². The monoisotopic (exact) mass is 686 g/mol. The Morgan fingerprint density at radius 2 is 1.59 bits per heavy atom. The third-order valence-corrected chi connectivity index (χ3v) is 6.45. The molecule has 1 N–H and O–H groups in total. The standard InChI is InChI=1S/C24H14F2I2N2O4/c25-15-5-7-16(8-6-15)30-23(32)17(22(31)29-24(30)33)9-13-10-19(27)21(20(28)11-13)34-12-14-3-1-2-4-18(14)26/h1-11H,12H2,(H,29,31,33)/b17-9+. The summed E-state index contributed by atoms with van der Waals surface area (Å²) in [7, 11) is 0. The van der Waals surface area contributed by atoms with Crippen LogP contribution in [0.5, 0.6) is 5.75 Å². The summed E-state index contributed by atoms with van der Waals surface area (Å²) >= 11 is 4.10. The highest BCUT2D eigenvalue weighted by molar-refractivity contribution is 14.1. The number of imide groups is 2. The molecule has 0 unspecified atom stereocenters. The Balaban J connectivity index is 1.61. The molecule has 34 heavy (non-hydrogen) atoms. The van der Waals surface area contributed by atoms with Gasteiger partial charge in [-0.05, 0) is 99.3 Å². The van der Waals surface area contributed by atoms with Crippen molar-refractivity contribution in [3.63, 3.8) is 0 Å². The van der Waals surface area contributed by atoms with Crippen molar-refractivity contribution in [3.05, 3.63) is 96.1 Å².